The van der Waals surface area contributed by atoms with Crippen molar-refractivity contribution in [3.8, 4) is 0 Å². The fraction of sp³-hybridized carbons (Fsp3) is 0.118. The topological polar surface area (TPSA) is 24.9 Å². The average Bonchev–Trinajstić information content (AvgIpc) is 2.48. The predicted octanol–water partition coefficient (Wildman–Crippen LogP) is 4.54. The van der Waals surface area contributed by atoms with Crippen molar-refractivity contribution in [2.24, 2.45) is 0 Å². The first-order valence-electron chi connectivity index (χ1n) is 6.56. The van der Waals surface area contributed by atoms with E-state index in [1.807, 2.05) is 18.3 Å². The van der Waals surface area contributed by atoms with Gasteiger partial charge in [0.15, 0.2) is 0 Å². The lowest BCUT2D eigenvalue weighted by Gasteiger charge is -2.09. The van der Waals surface area contributed by atoms with Gasteiger partial charge in [0.25, 0.3) is 0 Å². The van der Waals surface area contributed by atoms with Crippen molar-refractivity contribution in [2.45, 2.75) is 13.3 Å². The van der Waals surface area contributed by atoms with Gasteiger partial charge in [0.05, 0.1) is 11.2 Å². The van der Waals surface area contributed by atoms with Crippen LogP contribution in [0, 0.1) is 0 Å². The molecule has 2 heteroatoms. The first kappa shape index (κ1) is 11.7. The summed E-state index contributed by atoms with van der Waals surface area (Å²) in [5.74, 6) is 0. The van der Waals surface area contributed by atoms with E-state index in [9.17, 15) is 0 Å². The van der Waals surface area contributed by atoms with Crippen molar-refractivity contribution in [2.75, 3.05) is 5.32 Å². The van der Waals surface area contributed by atoms with Crippen LogP contribution in [-0.4, -0.2) is 4.98 Å². The fourth-order valence-electron chi connectivity index (χ4n) is 2.18. The van der Waals surface area contributed by atoms with Crippen molar-refractivity contribution in [3.05, 3.63) is 66.4 Å². The quantitative estimate of drug-likeness (QED) is 0.736. The number of aromatic nitrogens is 1. The molecule has 0 radical (unpaired) electrons. The molecular weight excluding hydrogens is 232 g/mol. The van der Waals surface area contributed by atoms with Crippen LogP contribution in [0.2, 0.25) is 0 Å². The van der Waals surface area contributed by atoms with E-state index in [1.54, 1.807) is 0 Å². The maximum atomic E-state index is 4.45. The minimum atomic E-state index is 1.00. The van der Waals surface area contributed by atoms with Crippen LogP contribution in [-0.2, 0) is 6.42 Å². The van der Waals surface area contributed by atoms with Gasteiger partial charge >= 0.3 is 0 Å². The Morgan fingerprint density at radius 3 is 2.53 bits per heavy atom. The molecule has 0 amide bonds. The number of nitrogens with zero attached hydrogens (tertiary/aromatic N) is 1. The number of hydrogen-bond donors (Lipinski definition) is 1. The van der Waals surface area contributed by atoms with Gasteiger partial charge in [-0.2, -0.15) is 0 Å². The van der Waals surface area contributed by atoms with E-state index in [-0.39, 0.29) is 0 Å². The molecule has 0 saturated heterocycles. The Morgan fingerprint density at radius 1 is 0.947 bits per heavy atom. The smallest absolute Gasteiger partial charge is 0.0936 e. The van der Waals surface area contributed by atoms with Gasteiger partial charge in [0.1, 0.15) is 0 Å². The number of anilines is 2. The Morgan fingerprint density at radius 2 is 1.74 bits per heavy atom. The lowest BCUT2D eigenvalue weighted by molar-refractivity contribution is 1.14. The molecule has 0 atom stereocenters. The highest BCUT2D eigenvalue weighted by atomic mass is 14.9. The standard InChI is InChI=1S/C17H16N2/c1-2-13-8-10-15(11-9-13)19-16-7-3-5-14-6-4-12-18-17(14)16/h3-12,19H,2H2,1H3. The van der Waals surface area contributed by atoms with E-state index >= 15 is 0 Å². The first-order valence-corrected chi connectivity index (χ1v) is 6.56. The van der Waals surface area contributed by atoms with Crippen LogP contribution in [0.15, 0.2) is 60.8 Å². The Hall–Kier alpha value is -2.35. The third-order valence-electron chi connectivity index (χ3n) is 3.27. The second-order valence-corrected chi connectivity index (χ2v) is 4.56. The Bertz CT molecular complexity index is 682. The van der Waals surface area contributed by atoms with E-state index in [0.29, 0.717) is 0 Å². The summed E-state index contributed by atoms with van der Waals surface area (Å²) in [5, 5.41) is 4.59. The number of benzene rings is 2. The molecule has 0 bridgehead atoms. The van der Waals surface area contributed by atoms with Crippen LogP contribution in [0.25, 0.3) is 10.9 Å². The van der Waals surface area contributed by atoms with Crippen LogP contribution in [0.3, 0.4) is 0 Å². The summed E-state index contributed by atoms with van der Waals surface area (Å²) < 4.78 is 0. The molecular formula is C17H16N2. The molecule has 0 aliphatic rings. The first-order chi connectivity index (χ1) is 9.36. The highest BCUT2D eigenvalue weighted by Gasteiger charge is 2.01. The summed E-state index contributed by atoms with van der Waals surface area (Å²) in [6.07, 6.45) is 2.89. The Balaban J connectivity index is 1.96. The second-order valence-electron chi connectivity index (χ2n) is 4.56. The Labute approximate surface area is 113 Å². The minimum Gasteiger partial charge on any atom is -0.354 e. The fourth-order valence-corrected chi connectivity index (χ4v) is 2.18. The number of para-hydroxylation sites is 1. The zero-order chi connectivity index (χ0) is 13.1. The van der Waals surface area contributed by atoms with Crippen molar-refractivity contribution < 1.29 is 0 Å². The summed E-state index contributed by atoms with van der Waals surface area (Å²) in [5.41, 5.74) is 4.49. The predicted molar refractivity (Wildman–Crippen MR) is 80.8 cm³/mol. The SMILES string of the molecule is CCc1ccc(Nc2cccc3cccnc23)cc1. The maximum absolute atomic E-state index is 4.45. The average molecular weight is 248 g/mol. The van der Waals surface area contributed by atoms with Gasteiger partial charge < -0.3 is 5.32 Å². The van der Waals surface area contributed by atoms with E-state index < -0.39 is 0 Å². The van der Waals surface area contributed by atoms with Crippen molar-refractivity contribution in [1.29, 1.82) is 0 Å². The zero-order valence-electron chi connectivity index (χ0n) is 10.9. The zero-order valence-corrected chi connectivity index (χ0v) is 10.9. The summed E-state index contributed by atoms with van der Waals surface area (Å²) in [7, 11) is 0. The molecule has 19 heavy (non-hydrogen) atoms. The third-order valence-corrected chi connectivity index (χ3v) is 3.27. The van der Waals surface area contributed by atoms with E-state index in [4.69, 9.17) is 0 Å². The van der Waals surface area contributed by atoms with E-state index in [1.165, 1.54) is 5.56 Å². The lowest BCUT2D eigenvalue weighted by atomic mass is 10.1. The molecule has 0 aliphatic heterocycles. The molecule has 0 fully saturated rings. The van der Waals surface area contributed by atoms with Gasteiger partial charge in [0, 0.05) is 17.3 Å². The van der Waals surface area contributed by atoms with Gasteiger partial charge in [-0.05, 0) is 36.2 Å². The molecule has 1 heterocycles. The van der Waals surface area contributed by atoms with Gasteiger partial charge in [-0.25, -0.2) is 0 Å². The minimum absolute atomic E-state index is 1.00. The van der Waals surface area contributed by atoms with Crippen LogP contribution in [0.1, 0.15) is 12.5 Å². The molecule has 3 aromatic rings. The summed E-state index contributed by atoms with van der Waals surface area (Å²) in [6.45, 7) is 2.16. The van der Waals surface area contributed by atoms with Crippen molar-refractivity contribution in [3.63, 3.8) is 0 Å². The number of aryl methyl sites for hydroxylation is 1. The third kappa shape index (κ3) is 2.43. The van der Waals surface area contributed by atoms with Gasteiger partial charge in [0.2, 0.25) is 0 Å². The van der Waals surface area contributed by atoms with Crippen LogP contribution >= 0.6 is 0 Å². The Kier molecular flexibility index (Phi) is 3.15. The summed E-state index contributed by atoms with van der Waals surface area (Å²) in [6, 6.07) is 18.8. The molecule has 0 aliphatic carbocycles. The molecule has 1 aromatic heterocycles. The van der Waals surface area contributed by atoms with Gasteiger partial charge in [-0.1, -0.05) is 37.3 Å². The van der Waals surface area contributed by atoms with Crippen LogP contribution in [0.5, 0.6) is 0 Å². The molecule has 0 spiro atoms. The van der Waals surface area contributed by atoms with Crippen LogP contribution in [0.4, 0.5) is 11.4 Å². The molecule has 0 unspecified atom stereocenters. The monoisotopic (exact) mass is 248 g/mol. The number of pyridine rings is 1. The largest absolute Gasteiger partial charge is 0.354 e. The highest BCUT2D eigenvalue weighted by Crippen LogP contribution is 2.24. The molecule has 0 saturated carbocycles. The van der Waals surface area contributed by atoms with Crippen LogP contribution < -0.4 is 5.32 Å². The van der Waals surface area contributed by atoms with Gasteiger partial charge in [-0.15, -0.1) is 0 Å². The van der Waals surface area contributed by atoms with Crippen molar-refractivity contribution in [1.82, 2.24) is 4.98 Å². The number of nitrogens with one attached hydrogen (secondary N) is 1. The van der Waals surface area contributed by atoms with Gasteiger partial charge in [-0.3, -0.25) is 4.98 Å². The maximum Gasteiger partial charge on any atom is 0.0936 e. The summed E-state index contributed by atoms with van der Waals surface area (Å²) in [4.78, 5) is 4.45. The molecule has 2 aromatic carbocycles. The normalized spacial score (nSPS) is 10.6. The molecule has 94 valence electrons. The highest BCUT2D eigenvalue weighted by molar-refractivity contribution is 5.91. The summed E-state index contributed by atoms with van der Waals surface area (Å²) >= 11 is 0. The number of fused-ring (bicyclic) bond motifs is 1. The van der Waals surface area contributed by atoms with E-state index in [0.717, 1.165) is 28.7 Å². The second kappa shape index (κ2) is 5.11. The number of hydrogen-bond acceptors (Lipinski definition) is 2. The number of rotatable bonds is 3. The molecule has 3 rings (SSSR count). The molecule has 2 nitrogen and oxygen atoms in total. The lowest BCUT2D eigenvalue weighted by Crippen LogP contribution is -1.93. The van der Waals surface area contributed by atoms with E-state index in [2.05, 4.69) is 59.7 Å². The molecule has 1 N–H and O–H groups in total. The van der Waals surface area contributed by atoms with Crippen molar-refractivity contribution >= 4 is 22.3 Å².